The second-order valence-corrected chi connectivity index (χ2v) is 7.94. The van der Waals surface area contributed by atoms with E-state index in [0.29, 0.717) is 40.9 Å². The molecule has 0 aromatic heterocycles. The van der Waals surface area contributed by atoms with Gasteiger partial charge in [0.1, 0.15) is 6.61 Å². The molecule has 152 valence electrons. The van der Waals surface area contributed by atoms with Crippen LogP contribution in [0.1, 0.15) is 29.2 Å². The first-order valence-corrected chi connectivity index (χ1v) is 10.7. The average molecular weight is 483 g/mol. The molecular formula is C25H21BrClNO2. The van der Waals surface area contributed by atoms with Gasteiger partial charge in [-0.2, -0.15) is 5.26 Å². The molecule has 3 nitrogen and oxygen atoms in total. The first kappa shape index (κ1) is 22.0. The predicted molar refractivity (Wildman–Crippen MR) is 126 cm³/mol. The van der Waals surface area contributed by atoms with Crippen molar-refractivity contribution in [3.63, 3.8) is 0 Å². The van der Waals surface area contributed by atoms with Crippen LogP contribution in [0.25, 0.3) is 11.6 Å². The number of ether oxygens (including phenoxy) is 2. The van der Waals surface area contributed by atoms with Crippen LogP contribution in [-0.2, 0) is 6.61 Å². The van der Waals surface area contributed by atoms with Crippen molar-refractivity contribution in [3.8, 4) is 17.6 Å². The maximum Gasteiger partial charge on any atom is 0.162 e. The third-order valence-electron chi connectivity index (χ3n) is 4.46. The zero-order valence-corrected chi connectivity index (χ0v) is 19.1. The van der Waals surface area contributed by atoms with E-state index in [1.165, 1.54) is 5.56 Å². The molecule has 0 heterocycles. The van der Waals surface area contributed by atoms with E-state index in [1.807, 2.05) is 49.4 Å². The molecule has 0 fully saturated rings. The van der Waals surface area contributed by atoms with Crippen LogP contribution in [0.3, 0.4) is 0 Å². The second-order valence-electron chi connectivity index (χ2n) is 6.68. The lowest BCUT2D eigenvalue weighted by Crippen LogP contribution is -2.00. The number of aryl methyl sites for hydroxylation is 1. The SMILES string of the molecule is CCOc1cc(C=C(C#N)c2ccccc2Cl)c(Br)cc1OCc1ccc(C)cc1. The normalized spacial score (nSPS) is 11.1. The van der Waals surface area contributed by atoms with E-state index >= 15 is 0 Å². The summed E-state index contributed by atoms with van der Waals surface area (Å²) >= 11 is 9.87. The maximum atomic E-state index is 9.66. The number of rotatable bonds is 7. The van der Waals surface area contributed by atoms with Crippen molar-refractivity contribution in [1.29, 1.82) is 5.26 Å². The van der Waals surface area contributed by atoms with Gasteiger partial charge in [0.05, 0.1) is 18.2 Å². The van der Waals surface area contributed by atoms with Crippen LogP contribution in [-0.4, -0.2) is 6.61 Å². The fourth-order valence-corrected chi connectivity index (χ4v) is 3.57. The molecule has 0 atom stereocenters. The summed E-state index contributed by atoms with van der Waals surface area (Å²) in [5.41, 5.74) is 4.24. The van der Waals surface area contributed by atoms with E-state index in [0.717, 1.165) is 15.6 Å². The van der Waals surface area contributed by atoms with Gasteiger partial charge < -0.3 is 9.47 Å². The lowest BCUT2D eigenvalue weighted by Gasteiger charge is -2.14. The Hall–Kier alpha value is -2.74. The van der Waals surface area contributed by atoms with E-state index in [4.69, 9.17) is 21.1 Å². The topological polar surface area (TPSA) is 42.2 Å². The molecule has 0 N–H and O–H groups in total. The van der Waals surface area contributed by atoms with E-state index in [-0.39, 0.29) is 0 Å². The van der Waals surface area contributed by atoms with Gasteiger partial charge >= 0.3 is 0 Å². The van der Waals surface area contributed by atoms with Crippen molar-refractivity contribution in [2.75, 3.05) is 6.61 Å². The summed E-state index contributed by atoms with van der Waals surface area (Å²) in [6.07, 6.45) is 1.79. The van der Waals surface area contributed by atoms with Crippen LogP contribution < -0.4 is 9.47 Å². The summed E-state index contributed by atoms with van der Waals surface area (Å²) in [6.45, 7) is 4.91. The lowest BCUT2D eigenvalue weighted by molar-refractivity contribution is 0.269. The van der Waals surface area contributed by atoms with Gasteiger partial charge in [-0.15, -0.1) is 0 Å². The van der Waals surface area contributed by atoms with Gasteiger partial charge in [-0.3, -0.25) is 0 Å². The number of nitrogens with zero attached hydrogens (tertiary/aromatic N) is 1. The van der Waals surface area contributed by atoms with E-state index in [2.05, 4.69) is 41.1 Å². The highest BCUT2D eigenvalue weighted by atomic mass is 79.9. The van der Waals surface area contributed by atoms with Gasteiger partial charge in [0.15, 0.2) is 11.5 Å². The number of benzene rings is 3. The maximum absolute atomic E-state index is 9.66. The highest BCUT2D eigenvalue weighted by molar-refractivity contribution is 9.10. The molecule has 0 aliphatic rings. The van der Waals surface area contributed by atoms with Crippen LogP contribution in [0, 0.1) is 18.3 Å². The van der Waals surface area contributed by atoms with Crippen molar-refractivity contribution < 1.29 is 9.47 Å². The zero-order chi connectivity index (χ0) is 21.5. The van der Waals surface area contributed by atoms with Gasteiger partial charge in [0.25, 0.3) is 0 Å². The Balaban J connectivity index is 1.93. The molecule has 0 spiro atoms. The minimum atomic E-state index is 0.436. The van der Waals surface area contributed by atoms with Crippen LogP contribution in [0.2, 0.25) is 5.02 Å². The predicted octanol–water partition coefficient (Wildman–Crippen LogP) is 7.45. The quantitative estimate of drug-likeness (QED) is 0.259. The summed E-state index contributed by atoms with van der Waals surface area (Å²) < 4.78 is 12.6. The molecular weight excluding hydrogens is 462 g/mol. The third-order valence-corrected chi connectivity index (χ3v) is 5.48. The fraction of sp³-hybridized carbons (Fsp3) is 0.160. The molecule has 0 aliphatic heterocycles. The zero-order valence-electron chi connectivity index (χ0n) is 16.8. The molecule has 3 aromatic carbocycles. The third kappa shape index (κ3) is 5.44. The Labute approximate surface area is 190 Å². The van der Waals surface area contributed by atoms with Gasteiger partial charge in [-0.1, -0.05) is 75.6 Å². The summed E-state index contributed by atoms with van der Waals surface area (Å²) in [5.74, 6) is 1.26. The van der Waals surface area contributed by atoms with Crippen LogP contribution in [0.15, 0.2) is 65.1 Å². The van der Waals surface area contributed by atoms with Crippen molar-refractivity contribution in [2.45, 2.75) is 20.5 Å². The second kappa shape index (κ2) is 10.3. The monoisotopic (exact) mass is 481 g/mol. The van der Waals surface area contributed by atoms with Crippen molar-refractivity contribution in [1.82, 2.24) is 0 Å². The Morgan fingerprint density at radius 1 is 1.07 bits per heavy atom. The molecule has 0 radical (unpaired) electrons. The number of hydrogen-bond donors (Lipinski definition) is 0. The van der Waals surface area contributed by atoms with Gasteiger partial charge in [0, 0.05) is 15.1 Å². The summed E-state index contributed by atoms with van der Waals surface area (Å²) in [4.78, 5) is 0. The Morgan fingerprint density at radius 2 is 1.77 bits per heavy atom. The van der Waals surface area contributed by atoms with E-state index in [1.54, 1.807) is 12.1 Å². The van der Waals surface area contributed by atoms with Gasteiger partial charge in [-0.05, 0) is 49.2 Å². The smallest absolute Gasteiger partial charge is 0.162 e. The molecule has 3 rings (SSSR count). The molecule has 5 heteroatoms. The van der Waals surface area contributed by atoms with Gasteiger partial charge in [-0.25, -0.2) is 0 Å². The highest BCUT2D eigenvalue weighted by Gasteiger charge is 2.13. The molecule has 3 aromatic rings. The largest absolute Gasteiger partial charge is 0.490 e. The minimum Gasteiger partial charge on any atom is -0.490 e. The fourth-order valence-electron chi connectivity index (χ4n) is 2.89. The standard InChI is InChI=1S/C25H21BrClNO2/c1-3-29-24-13-19(12-20(15-28)21-6-4-5-7-23(21)27)22(26)14-25(24)30-16-18-10-8-17(2)9-11-18/h4-14H,3,16H2,1-2H3. The average Bonchev–Trinajstić information content (AvgIpc) is 2.74. The molecule has 0 saturated heterocycles. The number of hydrogen-bond acceptors (Lipinski definition) is 3. The minimum absolute atomic E-state index is 0.436. The molecule has 0 bridgehead atoms. The van der Waals surface area contributed by atoms with Gasteiger partial charge in [0.2, 0.25) is 0 Å². The number of halogens is 2. The summed E-state index contributed by atoms with van der Waals surface area (Å²) in [6, 6.07) is 21.5. The molecule has 0 amide bonds. The molecule has 30 heavy (non-hydrogen) atoms. The number of nitriles is 1. The summed E-state index contributed by atoms with van der Waals surface area (Å²) in [7, 11) is 0. The molecule has 0 aliphatic carbocycles. The first-order valence-electron chi connectivity index (χ1n) is 9.53. The van der Waals surface area contributed by atoms with E-state index < -0.39 is 0 Å². The van der Waals surface area contributed by atoms with Crippen LogP contribution in [0.5, 0.6) is 11.5 Å². The Morgan fingerprint density at radius 3 is 2.43 bits per heavy atom. The van der Waals surface area contributed by atoms with Crippen molar-refractivity contribution in [3.05, 3.63) is 92.4 Å². The van der Waals surface area contributed by atoms with Crippen LogP contribution >= 0.6 is 27.5 Å². The number of allylic oxidation sites excluding steroid dienone is 1. The Bertz CT molecular complexity index is 1100. The molecule has 0 saturated carbocycles. The molecule has 0 unspecified atom stereocenters. The van der Waals surface area contributed by atoms with E-state index in [9.17, 15) is 5.26 Å². The summed E-state index contributed by atoms with van der Waals surface area (Å²) in [5, 5.41) is 10.2. The van der Waals surface area contributed by atoms with Crippen molar-refractivity contribution in [2.24, 2.45) is 0 Å². The van der Waals surface area contributed by atoms with Crippen molar-refractivity contribution >= 4 is 39.2 Å². The first-order chi connectivity index (χ1) is 14.5. The Kier molecular flexibility index (Phi) is 7.57. The van der Waals surface area contributed by atoms with Crippen LogP contribution in [0.4, 0.5) is 0 Å². The highest BCUT2D eigenvalue weighted by Crippen LogP contribution is 2.36. The lowest BCUT2D eigenvalue weighted by atomic mass is 10.0.